The number of unbranched alkanes of at least 4 members (excludes halogenated alkanes) is 2. The third kappa shape index (κ3) is 6.19. The zero-order chi connectivity index (χ0) is 20.6. The van der Waals surface area contributed by atoms with Gasteiger partial charge in [0.05, 0.1) is 0 Å². The molecule has 1 fully saturated rings. The lowest BCUT2D eigenvalue weighted by molar-refractivity contribution is 0.102. The highest BCUT2D eigenvalue weighted by Gasteiger charge is 2.22. The summed E-state index contributed by atoms with van der Waals surface area (Å²) in [6, 6.07) is 16.4. The second kappa shape index (κ2) is 10.6. The van der Waals surface area contributed by atoms with Crippen molar-refractivity contribution in [2.45, 2.75) is 84.0 Å². The van der Waals surface area contributed by atoms with E-state index in [9.17, 15) is 4.79 Å². The first-order valence-electron chi connectivity index (χ1n) is 11.6. The molecule has 2 heteroatoms. The van der Waals surface area contributed by atoms with E-state index in [1.54, 1.807) is 0 Å². The molecule has 0 radical (unpaired) electrons. The van der Waals surface area contributed by atoms with Crippen molar-refractivity contribution in [3.05, 3.63) is 65.2 Å². The summed E-state index contributed by atoms with van der Waals surface area (Å²) >= 11 is 0. The Balaban J connectivity index is 1.51. The van der Waals surface area contributed by atoms with Gasteiger partial charge in [0.2, 0.25) is 0 Å². The Labute approximate surface area is 177 Å². The Bertz CT molecular complexity index is 752. The minimum atomic E-state index is -0.0338. The molecule has 3 rings (SSSR count). The molecule has 1 aliphatic rings. The largest absolute Gasteiger partial charge is 0.322 e. The molecule has 156 valence electrons. The smallest absolute Gasteiger partial charge is 0.255 e. The predicted octanol–water partition coefficient (Wildman–Crippen LogP) is 7.92. The molecule has 2 aromatic rings. The fourth-order valence-electron chi connectivity index (χ4n) is 4.53. The summed E-state index contributed by atoms with van der Waals surface area (Å²) in [4.78, 5) is 12.6. The molecule has 0 aromatic heterocycles. The van der Waals surface area contributed by atoms with Crippen LogP contribution < -0.4 is 5.32 Å². The molecule has 1 amide bonds. The van der Waals surface area contributed by atoms with Crippen molar-refractivity contribution >= 4 is 11.6 Å². The van der Waals surface area contributed by atoms with Gasteiger partial charge in [0.1, 0.15) is 0 Å². The van der Waals surface area contributed by atoms with E-state index in [1.165, 1.54) is 62.5 Å². The van der Waals surface area contributed by atoms with E-state index in [4.69, 9.17) is 0 Å². The van der Waals surface area contributed by atoms with Crippen LogP contribution in [0.5, 0.6) is 0 Å². The van der Waals surface area contributed by atoms with Crippen molar-refractivity contribution in [1.82, 2.24) is 0 Å². The van der Waals surface area contributed by atoms with Crippen LogP contribution in [0, 0.1) is 5.92 Å². The summed E-state index contributed by atoms with van der Waals surface area (Å²) in [6.07, 6.45) is 10.8. The molecular weight excluding hydrogens is 354 g/mol. The van der Waals surface area contributed by atoms with Gasteiger partial charge in [-0.15, -0.1) is 0 Å². The Kier molecular flexibility index (Phi) is 7.91. The lowest BCUT2D eigenvalue weighted by atomic mass is 9.77. The van der Waals surface area contributed by atoms with Gasteiger partial charge in [-0.2, -0.15) is 0 Å². The quantitative estimate of drug-likeness (QED) is 0.455. The lowest BCUT2D eigenvalue weighted by Gasteiger charge is -2.29. The van der Waals surface area contributed by atoms with Crippen LogP contribution in [0.4, 0.5) is 5.69 Å². The summed E-state index contributed by atoms with van der Waals surface area (Å²) in [6.45, 7) is 6.63. The second-order valence-corrected chi connectivity index (χ2v) is 9.07. The molecule has 0 spiro atoms. The molecule has 29 heavy (non-hydrogen) atoms. The van der Waals surface area contributed by atoms with Gasteiger partial charge in [0.15, 0.2) is 0 Å². The van der Waals surface area contributed by atoms with Gasteiger partial charge < -0.3 is 5.32 Å². The molecular formula is C27H37NO. The maximum absolute atomic E-state index is 12.6. The highest BCUT2D eigenvalue weighted by Crippen LogP contribution is 2.37. The van der Waals surface area contributed by atoms with E-state index in [0.717, 1.165) is 17.2 Å². The van der Waals surface area contributed by atoms with Crippen LogP contribution in [0.25, 0.3) is 0 Å². The van der Waals surface area contributed by atoms with Gasteiger partial charge in [-0.3, -0.25) is 4.79 Å². The summed E-state index contributed by atoms with van der Waals surface area (Å²) in [7, 11) is 0. The highest BCUT2D eigenvalue weighted by molar-refractivity contribution is 6.04. The first-order chi connectivity index (χ1) is 14.1. The fraction of sp³-hybridized carbons (Fsp3) is 0.519. The average molecular weight is 392 g/mol. The fourth-order valence-corrected chi connectivity index (χ4v) is 4.53. The van der Waals surface area contributed by atoms with Crippen LogP contribution >= 0.6 is 0 Å². The second-order valence-electron chi connectivity index (χ2n) is 9.07. The molecule has 1 saturated carbocycles. The standard InChI is InChI=1S/C27H37NO/c1-4-5-6-7-21-8-10-23(11-9-21)24-12-14-25(15-13-24)27(29)28-26-18-16-22(17-19-26)20(2)3/h12-21,23H,4-11H2,1-3H3,(H,28,29). The van der Waals surface area contributed by atoms with Crippen molar-refractivity contribution in [2.24, 2.45) is 5.92 Å². The molecule has 0 saturated heterocycles. The third-order valence-corrected chi connectivity index (χ3v) is 6.54. The number of benzene rings is 2. The SMILES string of the molecule is CCCCCC1CCC(c2ccc(C(=O)Nc3ccc(C(C)C)cc3)cc2)CC1. The average Bonchev–Trinajstić information content (AvgIpc) is 2.75. The van der Waals surface area contributed by atoms with Crippen LogP contribution in [0.3, 0.4) is 0 Å². The van der Waals surface area contributed by atoms with Crippen LogP contribution in [-0.4, -0.2) is 5.91 Å². The molecule has 2 aromatic carbocycles. The number of amides is 1. The number of nitrogens with one attached hydrogen (secondary N) is 1. The topological polar surface area (TPSA) is 29.1 Å². The maximum Gasteiger partial charge on any atom is 0.255 e. The Morgan fingerprint density at radius 1 is 0.931 bits per heavy atom. The molecule has 0 atom stereocenters. The van der Waals surface area contributed by atoms with E-state index in [0.29, 0.717) is 11.8 Å². The molecule has 0 unspecified atom stereocenters. The van der Waals surface area contributed by atoms with Crippen LogP contribution in [0.2, 0.25) is 0 Å². The maximum atomic E-state index is 12.6. The zero-order valence-corrected chi connectivity index (χ0v) is 18.4. The zero-order valence-electron chi connectivity index (χ0n) is 18.4. The number of carbonyl (C=O) groups is 1. The molecule has 0 heterocycles. The van der Waals surface area contributed by atoms with Gasteiger partial charge in [0.25, 0.3) is 5.91 Å². The van der Waals surface area contributed by atoms with E-state index in [1.807, 2.05) is 24.3 Å². The monoisotopic (exact) mass is 391 g/mol. The molecule has 1 N–H and O–H groups in total. The van der Waals surface area contributed by atoms with Gasteiger partial charge in [0, 0.05) is 11.3 Å². The lowest BCUT2D eigenvalue weighted by Crippen LogP contribution is -2.14. The summed E-state index contributed by atoms with van der Waals surface area (Å²) in [5.41, 5.74) is 4.27. The summed E-state index contributed by atoms with van der Waals surface area (Å²) < 4.78 is 0. The normalized spacial score (nSPS) is 19.3. The van der Waals surface area contributed by atoms with Gasteiger partial charge in [-0.1, -0.05) is 70.7 Å². The first kappa shape index (κ1) is 21.6. The molecule has 0 bridgehead atoms. The van der Waals surface area contributed by atoms with Crippen LogP contribution in [-0.2, 0) is 0 Å². The third-order valence-electron chi connectivity index (χ3n) is 6.54. The van der Waals surface area contributed by atoms with E-state index in [-0.39, 0.29) is 5.91 Å². The van der Waals surface area contributed by atoms with Crippen molar-refractivity contribution in [3.8, 4) is 0 Å². The summed E-state index contributed by atoms with van der Waals surface area (Å²) in [5.74, 6) is 2.07. The number of hydrogen-bond donors (Lipinski definition) is 1. The van der Waals surface area contributed by atoms with E-state index in [2.05, 4.69) is 50.4 Å². The van der Waals surface area contributed by atoms with E-state index >= 15 is 0 Å². The first-order valence-corrected chi connectivity index (χ1v) is 11.6. The predicted molar refractivity (Wildman–Crippen MR) is 124 cm³/mol. The van der Waals surface area contributed by atoms with Crippen molar-refractivity contribution in [3.63, 3.8) is 0 Å². The van der Waals surface area contributed by atoms with Gasteiger partial charge in [-0.25, -0.2) is 0 Å². The number of carbonyl (C=O) groups excluding carboxylic acids is 1. The van der Waals surface area contributed by atoms with Crippen LogP contribution in [0.1, 0.15) is 105 Å². The van der Waals surface area contributed by atoms with Crippen LogP contribution in [0.15, 0.2) is 48.5 Å². The van der Waals surface area contributed by atoms with E-state index < -0.39 is 0 Å². The van der Waals surface area contributed by atoms with Gasteiger partial charge >= 0.3 is 0 Å². The number of hydrogen-bond acceptors (Lipinski definition) is 1. The Hall–Kier alpha value is -2.09. The number of rotatable bonds is 8. The van der Waals surface area contributed by atoms with Crippen molar-refractivity contribution in [2.75, 3.05) is 5.32 Å². The molecule has 1 aliphatic carbocycles. The minimum Gasteiger partial charge on any atom is -0.322 e. The molecule has 0 aliphatic heterocycles. The number of anilines is 1. The van der Waals surface area contributed by atoms with Gasteiger partial charge in [-0.05, 0) is 78.8 Å². The highest BCUT2D eigenvalue weighted by atomic mass is 16.1. The molecule has 2 nitrogen and oxygen atoms in total. The minimum absolute atomic E-state index is 0.0338. The summed E-state index contributed by atoms with van der Waals surface area (Å²) in [5, 5.41) is 3.01. The van der Waals surface area contributed by atoms with Crippen molar-refractivity contribution < 1.29 is 4.79 Å². The van der Waals surface area contributed by atoms with Crippen molar-refractivity contribution in [1.29, 1.82) is 0 Å². The Morgan fingerprint density at radius 3 is 2.17 bits per heavy atom. The Morgan fingerprint density at radius 2 is 1.59 bits per heavy atom.